The minimum atomic E-state index is 0.0300. The van der Waals surface area contributed by atoms with Crippen molar-refractivity contribution >= 4 is 23.2 Å². The summed E-state index contributed by atoms with van der Waals surface area (Å²) in [6.07, 6.45) is 0. The Hall–Kier alpha value is -1.43. The molecule has 3 rings (SSSR count). The van der Waals surface area contributed by atoms with Gasteiger partial charge in [0, 0.05) is 49.3 Å². The third kappa shape index (κ3) is 2.32. The first kappa shape index (κ1) is 13.5. The molecule has 6 heteroatoms. The fraction of sp³-hybridized carbons (Fsp3) is 0.643. The number of fused-ring (bicyclic) bond motifs is 1. The second-order valence-electron chi connectivity index (χ2n) is 6.00. The van der Waals surface area contributed by atoms with Gasteiger partial charge in [-0.3, -0.25) is 9.59 Å². The normalized spacial score (nSPS) is 25.4. The van der Waals surface area contributed by atoms with Crippen molar-refractivity contribution in [2.24, 2.45) is 17.8 Å². The lowest BCUT2D eigenvalue weighted by molar-refractivity contribution is -0.133. The van der Waals surface area contributed by atoms with Gasteiger partial charge in [0.15, 0.2) is 0 Å². The molecule has 2 aliphatic heterocycles. The number of nitrogens with zero attached hydrogens (tertiary/aromatic N) is 3. The number of carbonyl (C=O) groups is 2. The van der Waals surface area contributed by atoms with Gasteiger partial charge in [0.05, 0.1) is 5.51 Å². The molecule has 0 N–H and O–H groups in total. The molecule has 2 amide bonds. The highest BCUT2D eigenvalue weighted by molar-refractivity contribution is 7.07. The molecule has 1 aromatic rings. The molecule has 0 bridgehead atoms. The third-order valence-corrected chi connectivity index (χ3v) is 4.82. The highest BCUT2D eigenvalue weighted by Crippen LogP contribution is 2.32. The van der Waals surface area contributed by atoms with Crippen LogP contribution in [0, 0.1) is 17.8 Å². The minimum Gasteiger partial charge on any atom is -0.342 e. The maximum Gasteiger partial charge on any atom is 0.273 e. The summed E-state index contributed by atoms with van der Waals surface area (Å²) in [6.45, 7) is 6.97. The van der Waals surface area contributed by atoms with Crippen LogP contribution in [0.15, 0.2) is 10.9 Å². The van der Waals surface area contributed by atoms with E-state index in [9.17, 15) is 9.59 Å². The first-order chi connectivity index (χ1) is 9.56. The molecular weight excluding hydrogens is 274 g/mol. The lowest BCUT2D eigenvalue weighted by atomic mass is 10.0. The molecule has 2 aliphatic rings. The first-order valence-electron chi connectivity index (χ1n) is 7.02. The molecule has 2 atom stereocenters. The van der Waals surface area contributed by atoms with Gasteiger partial charge in [-0.05, 0) is 0 Å². The summed E-state index contributed by atoms with van der Waals surface area (Å²) in [6, 6.07) is 0. The van der Waals surface area contributed by atoms with E-state index < -0.39 is 0 Å². The van der Waals surface area contributed by atoms with Crippen LogP contribution in [0.4, 0.5) is 0 Å². The molecule has 1 aromatic heterocycles. The van der Waals surface area contributed by atoms with Crippen LogP contribution in [0.3, 0.4) is 0 Å². The topological polar surface area (TPSA) is 53.5 Å². The number of aromatic nitrogens is 1. The molecule has 2 saturated heterocycles. The summed E-state index contributed by atoms with van der Waals surface area (Å²) >= 11 is 1.44. The van der Waals surface area contributed by atoms with Crippen LogP contribution in [0.1, 0.15) is 24.3 Å². The molecule has 5 nitrogen and oxygen atoms in total. The second kappa shape index (κ2) is 5.16. The van der Waals surface area contributed by atoms with E-state index in [0.717, 1.165) is 26.2 Å². The highest BCUT2D eigenvalue weighted by Gasteiger charge is 2.43. The van der Waals surface area contributed by atoms with Crippen molar-refractivity contribution in [3.05, 3.63) is 16.6 Å². The van der Waals surface area contributed by atoms with Crippen molar-refractivity contribution in [3.63, 3.8) is 0 Å². The highest BCUT2D eigenvalue weighted by atomic mass is 32.1. The van der Waals surface area contributed by atoms with E-state index in [4.69, 9.17) is 0 Å². The first-order valence-corrected chi connectivity index (χ1v) is 7.96. The molecule has 0 radical (unpaired) electrons. The summed E-state index contributed by atoms with van der Waals surface area (Å²) < 4.78 is 0. The number of carbonyl (C=O) groups excluding carboxylic acids is 2. The van der Waals surface area contributed by atoms with Crippen LogP contribution in [-0.4, -0.2) is 52.8 Å². The van der Waals surface area contributed by atoms with Crippen molar-refractivity contribution in [2.45, 2.75) is 13.8 Å². The Morgan fingerprint density at radius 3 is 2.30 bits per heavy atom. The predicted octanol–water partition coefficient (Wildman–Crippen LogP) is 1.33. The zero-order chi connectivity index (χ0) is 14.3. The van der Waals surface area contributed by atoms with E-state index >= 15 is 0 Å². The zero-order valence-corrected chi connectivity index (χ0v) is 12.6. The quantitative estimate of drug-likeness (QED) is 0.826. The minimum absolute atomic E-state index is 0.0300. The third-order valence-electron chi connectivity index (χ3n) is 4.23. The monoisotopic (exact) mass is 293 g/mol. The molecular formula is C14H19N3O2S. The molecule has 2 fully saturated rings. The lowest BCUT2D eigenvalue weighted by Crippen LogP contribution is -2.37. The van der Waals surface area contributed by atoms with Crippen molar-refractivity contribution in [3.8, 4) is 0 Å². The number of amides is 2. The van der Waals surface area contributed by atoms with E-state index in [-0.39, 0.29) is 17.7 Å². The molecule has 0 spiro atoms. The maximum absolute atomic E-state index is 12.3. The van der Waals surface area contributed by atoms with Crippen LogP contribution in [0.25, 0.3) is 0 Å². The Morgan fingerprint density at radius 2 is 1.80 bits per heavy atom. The Morgan fingerprint density at radius 1 is 1.20 bits per heavy atom. The Labute approximate surface area is 122 Å². The number of hydrogen-bond donors (Lipinski definition) is 0. The van der Waals surface area contributed by atoms with E-state index in [1.807, 2.05) is 23.6 Å². The summed E-state index contributed by atoms with van der Waals surface area (Å²) in [4.78, 5) is 32.2. The van der Waals surface area contributed by atoms with Gasteiger partial charge in [-0.1, -0.05) is 13.8 Å². The van der Waals surface area contributed by atoms with E-state index in [0.29, 0.717) is 17.5 Å². The summed E-state index contributed by atoms with van der Waals surface area (Å²) in [5.41, 5.74) is 2.23. The van der Waals surface area contributed by atoms with E-state index in [1.165, 1.54) is 11.3 Å². The maximum atomic E-state index is 12.3. The van der Waals surface area contributed by atoms with Crippen molar-refractivity contribution in [1.82, 2.24) is 14.8 Å². The number of thiazole rings is 1. The van der Waals surface area contributed by atoms with Gasteiger partial charge in [-0.25, -0.2) is 4.98 Å². The molecule has 108 valence electrons. The van der Waals surface area contributed by atoms with Gasteiger partial charge < -0.3 is 9.80 Å². The number of hydrogen-bond acceptors (Lipinski definition) is 4. The average Bonchev–Trinajstić information content (AvgIpc) is 3.11. The summed E-state index contributed by atoms with van der Waals surface area (Å²) in [5, 5.41) is 1.80. The van der Waals surface area contributed by atoms with Crippen molar-refractivity contribution in [1.29, 1.82) is 0 Å². The Kier molecular flexibility index (Phi) is 3.50. The molecule has 20 heavy (non-hydrogen) atoms. The van der Waals surface area contributed by atoms with Gasteiger partial charge >= 0.3 is 0 Å². The van der Waals surface area contributed by atoms with Gasteiger partial charge in [-0.15, -0.1) is 11.3 Å². The van der Waals surface area contributed by atoms with E-state index in [2.05, 4.69) is 4.98 Å². The molecule has 0 aliphatic carbocycles. The predicted molar refractivity (Wildman–Crippen MR) is 76.4 cm³/mol. The smallest absolute Gasteiger partial charge is 0.273 e. The van der Waals surface area contributed by atoms with Crippen LogP contribution in [0.2, 0.25) is 0 Å². The van der Waals surface area contributed by atoms with Crippen molar-refractivity contribution in [2.75, 3.05) is 26.2 Å². The van der Waals surface area contributed by atoms with Gasteiger partial charge in [-0.2, -0.15) is 0 Å². The Bertz CT molecular complexity index is 500. The number of likely N-dealkylation sites (tertiary alicyclic amines) is 2. The average molecular weight is 293 g/mol. The van der Waals surface area contributed by atoms with E-state index in [1.54, 1.807) is 10.9 Å². The Balaban J connectivity index is 1.61. The molecule has 3 heterocycles. The van der Waals surface area contributed by atoms with Gasteiger partial charge in [0.1, 0.15) is 5.69 Å². The van der Waals surface area contributed by atoms with Gasteiger partial charge in [0.2, 0.25) is 5.91 Å². The van der Waals surface area contributed by atoms with Crippen LogP contribution in [0.5, 0.6) is 0 Å². The van der Waals surface area contributed by atoms with Crippen LogP contribution in [-0.2, 0) is 4.79 Å². The van der Waals surface area contributed by atoms with Crippen molar-refractivity contribution < 1.29 is 9.59 Å². The standard InChI is InChI=1S/C14H19N3O2S/c1-9(2)13(18)16-3-10-5-17(6-11(10)4-16)14(19)12-7-20-8-15-12/h7-11H,3-6H2,1-2H3. The molecule has 2 unspecified atom stereocenters. The SMILES string of the molecule is CC(C)C(=O)N1CC2CN(C(=O)c3cscn3)CC2C1. The zero-order valence-electron chi connectivity index (χ0n) is 11.8. The fourth-order valence-electron chi connectivity index (χ4n) is 3.18. The largest absolute Gasteiger partial charge is 0.342 e. The summed E-state index contributed by atoms with van der Waals surface area (Å²) in [7, 11) is 0. The van der Waals surface area contributed by atoms with Crippen LogP contribution >= 0.6 is 11.3 Å². The second-order valence-corrected chi connectivity index (χ2v) is 6.72. The number of rotatable bonds is 2. The van der Waals surface area contributed by atoms with Crippen LogP contribution < -0.4 is 0 Å². The fourth-order valence-corrected chi connectivity index (χ4v) is 3.71. The molecule has 0 saturated carbocycles. The molecule has 0 aromatic carbocycles. The lowest BCUT2D eigenvalue weighted by Gasteiger charge is -2.22. The van der Waals surface area contributed by atoms with Gasteiger partial charge in [0.25, 0.3) is 5.91 Å². The summed E-state index contributed by atoms with van der Waals surface area (Å²) in [5.74, 6) is 1.18.